The van der Waals surface area contributed by atoms with Crippen LogP contribution >= 0.6 is 0 Å². The third-order valence-electron chi connectivity index (χ3n) is 4.50. The van der Waals surface area contributed by atoms with E-state index in [2.05, 4.69) is 4.98 Å². The van der Waals surface area contributed by atoms with E-state index in [0.717, 1.165) is 18.4 Å². The molecule has 1 aliphatic rings. The third-order valence-corrected chi connectivity index (χ3v) is 5.77. The van der Waals surface area contributed by atoms with Crippen LogP contribution in [0.4, 0.5) is 0 Å². The Morgan fingerprint density at radius 3 is 2.64 bits per heavy atom. The van der Waals surface area contributed by atoms with Crippen molar-refractivity contribution in [2.24, 2.45) is 5.92 Å². The minimum atomic E-state index is -3.12. The first kappa shape index (κ1) is 17.6. The van der Waals surface area contributed by atoms with E-state index in [0.29, 0.717) is 24.3 Å². The second-order valence-electron chi connectivity index (χ2n) is 6.38. The molecule has 0 bridgehead atoms. The maximum Gasteiger partial charge on any atom is 0.336 e. The molecule has 0 saturated carbocycles. The van der Waals surface area contributed by atoms with Gasteiger partial charge in [-0.1, -0.05) is 24.3 Å². The highest BCUT2D eigenvalue weighted by molar-refractivity contribution is 7.88. The molecule has 2 heterocycles. The first-order valence-electron chi connectivity index (χ1n) is 8.07. The zero-order valence-corrected chi connectivity index (χ0v) is 14.7. The van der Waals surface area contributed by atoms with Gasteiger partial charge >= 0.3 is 5.97 Å². The standard InChI is InChI=1S/C18H20N2O4S/c1-25(23,24)20-9-8-14(12-20)10-13-6-7-17(19-11-13)15-4-2-3-5-16(15)18(21)22/h2-7,11,14H,8-10,12H2,1H3,(H,21,22)/t14-/m1/s1. The number of sulfonamides is 1. The van der Waals surface area contributed by atoms with Gasteiger partial charge in [0.1, 0.15) is 0 Å². The van der Waals surface area contributed by atoms with Crippen LogP contribution in [0.1, 0.15) is 22.3 Å². The molecule has 1 saturated heterocycles. The van der Waals surface area contributed by atoms with Crippen LogP contribution in [-0.2, 0) is 16.4 Å². The molecule has 0 aliphatic carbocycles. The second kappa shape index (κ2) is 6.93. The lowest BCUT2D eigenvalue weighted by molar-refractivity contribution is 0.0697. The number of hydrogen-bond donors (Lipinski definition) is 1. The fourth-order valence-electron chi connectivity index (χ4n) is 3.20. The van der Waals surface area contributed by atoms with Crippen LogP contribution in [0, 0.1) is 5.92 Å². The van der Waals surface area contributed by atoms with Gasteiger partial charge in [0.25, 0.3) is 0 Å². The van der Waals surface area contributed by atoms with E-state index in [9.17, 15) is 18.3 Å². The van der Waals surface area contributed by atoms with Gasteiger partial charge in [-0.3, -0.25) is 4.98 Å². The Morgan fingerprint density at radius 1 is 1.28 bits per heavy atom. The monoisotopic (exact) mass is 360 g/mol. The molecule has 6 nitrogen and oxygen atoms in total. The summed E-state index contributed by atoms with van der Waals surface area (Å²) in [6.07, 6.45) is 4.60. The lowest BCUT2D eigenvalue weighted by Gasteiger charge is -2.13. The lowest BCUT2D eigenvalue weighted by Crippen LogP contribution is -2.27. The molecule has 1 fully saturated rings. The van der Waals surface area contributed by atoms with Crippen molar-refractivity contribution in [2.45, 2.75) is 12.8 Å². The molecule has 0 amide bonds. The zero-order valence-electron chi connectivity index (χ0n) is 13.9. The van der Waals surface area contributed by atoms with Crippen molar-refractivity contribution in [1.29, 1.82) is 0 Å². The summed E-state index contributed by atoms with van der Waals surface area (Å²) in [5.41, 5.74) is 2.45. The number of carboxylic acids is 1. The molecular formula is C18H20N2O4S. The number of nitrogens with zero attached hydrogens (tertiary/aromatic N) is 2. The Hall–Kier alpha value is -2.25. The smallest absolute Gasteiger partial charge is 0.336 e. The summed E-state index contributed by atoms with van der Waals surface area (Å²) in [6, 6.07) is 10.5. The Balaban J connectivity index is 1.73. The second-order valence-corrected chi connectivity index (χ2v) is 8.36. The highest BCUT2D eigenvalue weighted by atomic mass is 32.2. The molecule has 7 heteroatoms. The molecule has 1 atom stereocenters. The van der Waals surface area contributed by atoms with Crippen LogP contribution in [0.5, 0.6) is 0 Å². The summed E-state index contributed by atoms with van der Waals surface area (Å²) in [5.74, 6) is -0.693. The third kappa shape index (κ3) is 4.05. The van der Waals surface area contributed by atoms with E-state index in [1.165, 1.54) is 10.6 Å². The molecule has 1 N–H and O–H groups in total. The van der Waals surface area contributed by atoms with E-state index in [1.807, 2.05) is 12.1 Å². The van der Waals surface area contributed by atoms with Crippen LogP contribution < -0.4 is 0 Å². The van der Waals surface area contributed by atoms with Gasteiger partial charge in [-0.05, 0) is 36.5 Å². The highest BCUT2D eigenvalue weighted by Gasteiger charge is 2.28. The molecule has 1 aromatic carbocycles. The van der Waals surface area contributed by atoms with Crippen LogP contribution in [0.25, 0.3) is 11.3 Å². The minimum Gasteiger partial charge on any atom is -0.478 e. The number of aromatic carboxylic acids is 1. The summed E-state index contributed by atoms with van der Waals surface area (Å²) in [5, 5.41) is 9.28. The summed E-state index contributed by atoms with van der Waals surface area (Å²) in [4.78, 5) is 15.7. The van der Waals surface area contributed by atoms with Gasteiger partial charge in [-0.25, -0.2) is 17.5 Å². The first-order chi connectivity index (χ1) is 11.8. The number of carboxylic acid groups (broad SMARTS) is 1. The number of carbonyl (C=O) groups is 1. The van der Waals surface area contributed by atoms with Crippen molar-refractivity contribution in [3.8, 4) is 11.3 Å². The molecule has 2 aromatic rings. The van der Waals surface area contributed by atoms with E-state index >= 15 is 0 Å². The van der Waals surface area contributed by atoms with Gasteiger partial charge in [-0.15, -0.1) is 0 Å². The Labute approximate surface area is 147 Å². The molecule has 1 aromatic heterocycles. The van der Waals surface area contributed by atoms with Gasteiger partial charge < -0.3 is 5.11 Å². The quantitative estimate of drug-likeness (QED) is 0.884. The normalized spacial score (nSPS) is 18.4. The minimum absolute atomic E-state index is 0.224. The molecule has 25 heavy (non-hydrogen) atoms. The van der Waals surface area contributed by atoms with Crippen LogP contribution in [-0.4, -0.2) is 48.1 Å². The number of pyridine rings is 1. The van der Waals surface area contributed by atoms with Crippen molar-refractivity contribution < 1.29 is 18.3 Å². The van der Waals surface area contributed by atoms with Crippen molar-refractivity contribution in [2.75, 3.05) is 19.3 Å². The summed E-state index contributed by atoms with van der Waals surface area (Å²) in [7, 11) is -3.12. The van der Waals surface area contributed by atoms with Gasteiger partial charge in [-0.2, -0.15) is 0 Å². The molecule has 0 spiro atoms. The van der Waals surface area contributed by atoms with Crippen LogP contribution in [0.15, 0.2) is 42.6 Å². The van der Waals surface area contributed by atoms with Crippen molar-refractivity contribution in [1.82, 2.24) is 9.29 Å². The fraction of sp³-hybridized carbons (Fsp3) is 0.333. The van der Waals surface area contributed by atoms with Gasteiger partial charge in [0.15, 0.2) is 0 Å². The maximum absolute atomic E-state index is 11.6. The SMILES string of the molecule is CS(=O)(=O)N1CC[C@H](Cc2ccc(-c3ccccc3C(=O)O)nc2)C1. The van der Waals surface area contributed by atoms with Gasteiger partial charge in [0, 0.05) is 24.8 Å². The molecule has 0 radical (unpaired) electrons. The van der Waals surface area contributed by atoms with Gasteiger partial charge in [0.2, 0.25) is 10.0 Å². The van der Waals surface area contributed by atoms with E-state index in [-0.39, 0.29) is 11.5 Å². The summed E-state index contributed by atoms with van der Waals surface area (Å²) < 4.78 is 24.7. The number of rotatable bonds is 5. The molecule has 3 rings (SSSR count). The largest absolute Gasteiger partial charge is 0.478 e. The molecule has 132 valence electrons. The molecule has 1 aliphatic heterocycles. The fourth-order valence-corrected chi connectivity index (χ4v) is 4.11. The number of hydrogen-bond acceptors (Lipinski definition) is 4. The maximum atomic E-state index is 11.6. The summed E-state index contributed by atoms with van der Waals surface area (Å²) in [6.45, 7) is 1.11. The lowest BCUT2D eigenvalue weighted by atomic mass is 9.98. The first-order valence-corrected chi connectivity index (χ1v) is 9.92. The van der Waals surface area contributed by atoms with Crippen molar-refractivity contribution >= 4 is 16.0 Å². The summed E-state index contributed by atoms with van der Waals surface area (Å²) >= 11 is 0. The Morgan fingerprint density at radius 2 is 2.04 bits per heavy atom. The molecular weight excluding hydrogens is 340 g/mol. The average Bonchev–Trinajstić information content (AvgIpc) is 3.04. The highest BCUT2D eigenvalue weighted by Crippen LogP contribution is 2.25. The Kier molecular flexibility index (Phi) is 4.87. The van der Waals surface area contributed by atoms with Gasteiger partial charge in [0.05, 0.1) is 17.5 Å². The van der Waals surface area contributed by atoms with E-state index in [1.54, 1.807) is 30.5 Å². The van der Waals surface area contributed by atoms with Crippen molar-refractivity contribution in [3.05, 3.63) is 53.7 Å². The van der Waals surface area contributed by atoms with E-state index in [4.69, 9.17) is 0 Å². The molecule has 0 unspecified atom stereocenters. The number of benzene rings is 1. The topological polar surface area (TPSA) is 87.6 Å². The predicted molar refractivity (Wildman–Crippen MR) is 94.9 cm³/mol. The Bertz CT molecular complexity index is 878. The predicted octanol–water partition coefficient (Wildman–Crippen LogP) is 2.27. The van der Waals surface area contributed by atoms with E-state index < -0.39 is 16.0 Å². The average molecular weight is 360 g/mol. The zero-order chi connectivity index (χ0) is 18.0. The van der Waals surface area contributed by atoms with Crippen LogP contribution in [0.2, 0.25) is 0 Å². The number of aromatic nitrogens is 1. The van der Waals surface area contributed by atoms with Crippen molar-refractivity contribution in [3.63, 3.8) is 0 Å². The van der Waals surface area contributed by atoms with Crippen LogP contribution in [0.3, 0.4) is 0 Å².